The maximum absolute atomic E-state index is 11.1. The smallest absolute Gasteiger partial charge is 0.425 e. The number of nitrogens with one attached hydrogen (secondary N) is 5. The molecule has 156 valence electrons. The van der Waals surface area contributed by atoms with Gasteiger partial charge in [0, 0.05) is 31.7 Å². The number of aromatic amines is 1. The van der Waals surface area contributed by atoms with E-state index in [1.807, 2.05) is 0 Å². The van der Waals surface area contributed by atoms with Crippen LogP contribution in [-0.4, -0.2) is 45.3 Å². The van der Waals surface area contributed by atoms with E-state index in [2.05, 4.69) is 36.2 Å². The highest BCUT2D eigenvalue weighted by atomic mass is 32.1. The first-order chi connectivity index (χ1) is 13.6. The zero-order valence-electron chi connectivity index (χ0n) is 15.7. The van der Waals surface area contributed by atoms with Crippen molar-refractivity contribution in [2.75, 3.05) is 23.2 Å². The highest BCUT2D eigenvalue weighted by molar-refractivity contribution is 7.71. The molecule has 0 saturated heterocycles. The van der Waals surface area contributed by atoms with Crippen LogP contribution in [0, 0.1) is 4.77 Å². The third-order valence-electron chi connectivity index (χ3n) is 2.81. The standard InChI is InChI=1S/C14H16N6O4S.C2H4O2/c1-7(21)15-9-4-3-8(5-10(9)22)16-11-6-12(18-13(25)17-11)19-20-14(23)24-2;1-2(3)4/h3-6,22H,1-2H3,(H,15,21)(H,20,23)(H3,16,17,18,19,25);1H3,(H,3,4). The Bertz CT molecular complexity index is 944. The molecule has 2 aromatic rings. The fourth-order valence-corrected chi connectivity index (χ4v) is 2.02. The summed E-state index contributed by atoms with van der Waals surface area (Å²) in [5.41, 5.74) is 5.67. The molecule has 0 aliphatic carbocycles. The van der Waals surface area contributed by atoms with Gasteiger partial charge < -0.3 is 30.6 Å². The summed E-state index contributed by atoms with van der Waals surface area (Å²) < 4.78 is 4.60. The van der Waals surface area contributed by atoms with Crippen LogP contribution in [0.4, 0.5) is 27.8 Å². The number of aromatic nitrogens is 2. The van der Waals surface area contributed by atoms with Crippen LogP contribution < -0.4 is 21.5 Å². The molecule has 1 aromatic carbocycles. The van der Waals surface area contributed by atoms with E-state index >= 15 is 0 Å². The molecule has 0 aliphatic rings. The summed E-state index contributed by atoms with van der Waals surface area (Å²) in [7, 11) is 1.23. The number of aliphatic carboxylic acids is 1. The van der Waals surface area contributed by atoms with E-state index < -0.39 is 12.1 Å². The third-order valence-corrected chi connectivity index (χ3v) is 3.00. The molecule has 0 unspecified atom stereocenters. The number of hydrogen-bond acceptors (Lipinski definition) is 9. The number of phenols is 1. The Hall–Kier alpha value is -3.87. The van der Waals surface area contributed by atoms with Gasteiger partial charge in [-0.15, -0.1) is 0 Å². The van der Waals surface area contributed by atoms with Crippen LogP contribution in [0.15, 0.2) is 24.3 Å². The van der Waals surface area contributed by atoms with Gasteiger partial charge in [0.05, 0.1) is 12.8 Å². The maximum atomic E-state index is 11.1. The summed E-state index contributed by atoms with van der Waals surface area (Å²) in [6.07, 6.45) is -0.677. The lowest BCUT2D eigenvalue weighted by atomic mass is 10.2. The highest BCUT2D eigenvalue weighted by Gasteiger charge is 2.06. The highest BCUT2D eigenvalue weighted by Crippen LogP contribution is 2.28. The zero-order chi connectivity index (χ0) is 22.0. The van der Waals surface area contributed by atoms with Crippen molar-refractivity contribution < 1.29 is 29.3 Å². The molecule has 0 bridgehead atoms. The second kappa shape index (κ2) is 11.1. The molecule has 0 fully saturated rings. The van der Waals surface area contributed by atoms with Gasteiger partial charge in [-0.1, -0.05) is 0 Å². The molecule has 2 amide bonds. The van der Waals surface area contributed by atoms with E-state index in [-0.39, 0.29) is 16.4 Å². The average molecular weight is 424 g/mol. The van der Waals surface area contributed by atoms with Crippen molar-refractivity contribution in [1.29, 1.82) is 0 Å². The molecule has 12 nitrogen and oxygen atoms in total. The van der Waals surface area contributed by atoms with Gasteiger partial charge >= 0.3 is 6.09 Å². The van der Waals surface area contributed by atoms with Gasteiger partial charge in [0.15, 0.2) is 4.77 Å². The van der Waals surface area contributed by atoms with Crippen LogP contribution in [0.5, 0.6) is 5.75 Å². The van der Waals surface area contributed by atoms with Crippen molar-refractivity contribution in [3.05, 3.63) is 29.0 Å². The topological polar surface area (TPSA) is 178 Å². The molecular formula is C16H20N6O6S. The zero-order valence-corrected chi connectivity index (χ0v) is 16.5. The van der Waals surface area contributed by atoms with Crippen LogP contribution in [0.25, 0.3) is 0 Å². The predicted octanol–water partition coefficient (Wildman–Crippen LogP) is 2.32. The Labute approximate surface area is 170 Å². The molecule has 7 N–H and O–H groups in total. The van der Waals surface area contributed by atoms with E-state index in [4.69, 9.17) is 22.1 Å². The van der Waals surface area contributed by atoms with E-state index in [0.29, 0.717) is 23.0 Å². The van der Waals surface area contributed by atoms with Crippen LogP contribution in [0.2, 0.25) is 0 Å². The molecule has 13 heteroatoms. The number of phenolic OH excluding ortho intramolecular Hbond substituents is 1. The monoisotopic (exact) mass is 424 g/mol. The van der Waals surface area contributed by atoms with E-state index in [9.17, 15) is 14.7 Å². The number of carbonyl (C=O) groups is 3. The minimum absolute atomic E-state index is 0.105. The van der Waals surface area contributed by atoms with Crippen molar-refractivity contribution in [2.45, 2.75) is 13.8 Å². The SMILES string of the molecule is CC(=O)O.COC(=O)NNc1cc(Nc2ccc(NC(C)=O)c(O)c2)nc(=S)[nH]1. The summed E-state index contributed by atoms with van der Waals surface area (Å²) in [5, 5.41) is 22.8. The Morgan fingerprint density at radius 3 is 2.41 bits per heavy atom. The van der Waals surface area contributed by atoms with Gasteiger partial charge in [-0.25, -0.2) is 15.2 Å². The van der Waals surface area contributed by atoms with Gasteiger partial charge in [-0.2, -0.15) is 0 Å². The van der Waals surface area contributed by atoms with Crippen LogP contribution >= 0.6 is 12.2 Å². The molecule has 0 aliphatic heterocycles. The largest absolute Gasteiger partial charge is 0.506 e. The van der Waals surface area contributed by atoms with Crippen LogP contribution in [0.3, 0.4) is 0 Å². The van der Waals surface area contributed by atoms with Crippen molar-refractivity contribution in [2.24, 2.45) is 0 Å². The predicted molar refractivity (Wildman–Crippen MR) is 108 cm³/mol. The van der Waals surface area contributed by atoms with Crippen LogP contribution in [0.1, 0.15) is 13.8 Å². The van der Waals surface area contributed by atoms with E-state index in [1.165, 1.54) is 20.1 Å². The molecule has 1 aromatic heterocycles. The molecule has 0 atom stereocenters. The lowest BCUT2D eigenvalue weighted by Crippen LogP contribution is -2.29. The first-order valence-corrected chi connectivity index (χ1v) is 8.30. The minimum atomic E-state index is -0.833. The van der Waals surface area contributed by atoms with E-state index in [0.717, 1.165) is 6.92 Å². The Balaban J connectivity index is 0.000000960. The van der Waals surface area contributed by atoms with Crippen molar-refractivity contribution in [1.82, 2.24) is 15.4 Å². The number of aromatic hydroxyl groups is 1. The van der Waals surface area contributed by atoms with Gasteiger partial charge in [-0.3, -0.25) is 15.0 Å². The second-order valence-electron chi connectivity index (χ2n) is 5.28. The van der Waals surface area contributed by atoms with Gasteiger partial charge in [0.1, 0.15) is 17.4 Å². The molecule has 1 heterocycles. The number of methoxy groups -OCH3 is 1. The molecular weight excluding hydrogens is 404 g/mol. The number of carboxylic acids is 1. The number of carboxylic acid groups (broad SMARTS) is 1. The number of amides is 2. The van der Waals surface area contributed by atoms with Gasteiger partial charge in [0.2, 0.25) is 5.91 Å². The number of benzene rings is 1. The fourth-order valence-electron chi connectivity index (χ4n) is 1.81. The molecule has 2 rings (SSSR count). The Kier molecular flexibility index (Phi) is 8.85. The Morgan fingerprint density at radius 2 is 1.86 bits per heavy atom. The molecule has 0 saturated carbocycles. The van der Waals surface area contributed by atoms with Gasteiger partial charge in [0.25, 0.3) is 5.97 Å². The number of ether oxygens (including phenoxy) is 1. The summed E-state index contributed by atoms with van der Waals surface area (Å²) in [4.78, 5) is 37.9. The summed E-state index contributed by atoms with van der Waals surface area (Å²) in [6.45, 7) is 2.43. The lowest BCUT2D eigenvalue weighted by Gasteiger charge is -2.11. The summed E-state index contributed by atoms with van der Waals surface area (Å²) in [6, 6.07) is 6.16. The minimum Gasteiger partial charge on any atom is -0.506 e. The number of carbonyl (C=O) groups excluding carboxylic acids is 2. The summed E-state index contributed by atoms with van der Waals surface area (Å²) in [5.74, 6) is -0.496. The second-order valence-corrected chi connectivity index (χ2v) is 5.67. The average Bonchev–Trinajstić information content (AvgIpc) is 2.61. The van der Waals surface area contributed by atoms with Crippen LogP contribution in [-0.2, 0) is 14.3 Å². The molecule has 29 heavy (non-hydrogen) atoms. The van der Waals surface area contributed by atoms with Gasteiger partial charge in [-0.05, 0) is 24.4 Å². The number of nitrogens with zero attached hydrogens (tertiary/aromatic N) is 1. The first-order valence-electron chi connectivity index (χ1n) is 7.89. The van der Waals surface area contributed by atoms with Crippen molar-refractivity contribution >= 4 is 53.2 Å². The maximum Gasteiger partial charge on any atom is 0.425 e. The Morgan fingerprint density at radius 1 is 1.21 bits per heavy atom. The number of rotatable bonds is 5. The number of hydrazine groups is 1. The fraction of sp³-hybridized carbons (Fsp3) is 0.188. The number of hydrogen-bond donors (Lipinski definition) is 7. The van der Waals surface area contributed by atoms with Crippen molar-refractivity contribution in [3.63, 3.8) is 0 Å². The first kappa shape index (κ1) is 23.2. The lowest BCUT2D eigenvalue weighted by molar-refractivity contribution is -0.134. The molecule has 0 radical (unpaired) electrons. The third kappa shape index (κ3) is 9.05. The number of H-pyrrole nitrogens is 1. The summed E-state index contributed by atoms with van der Waals surface area (Å²) >= 11 is 5.02. The quantitative estimate of drug-likeness (QED) is 0.214. The normalized spacial score (nSPS) is 9.34. The van der Waals surface area contributed by atoms with Crippen molar-refractivity contribution in [3.8, 4) is 5.75 Å². The van der Waals surface area contributed by atoms with E-state index in [1.54, 1.807) is 18.2 Å². The molecule has 0 spiro atoms. The number of anilines is 4.